The molecule has 0 spiro atoms. The highest BCUT2D eigenvalue weighted by Crippen LogP contribution is 2.08. The standard InChI is InChI=1S/C12H11NO2/c1-15-12(14)11-7-4-6-10(9-11)5-2-3-8-13/h2,4-7,9H,3H2,1H3. The third-order valence-corrected chi connectivity index (χ3v) is 1.83. The van der Waals surface area contributed by atoms with Gasteiger partial charge in [-0.25, -0.2) is 4.79 Å². The molecule has 0 atom stereocenters. The zero-order chi connectivity index (χ0) is 11.1. The maximum atomic E-state index is 11.2. The maximum Gasteiger partial charge on any atom is 0.337 e. The van der Waals surface area contributed by atoms with E-state index in [9.17, 15) is 4.79 Å². The zero-order valence-electron chi connectivity index (χ0n) is 8.43. The highest BCUT2D eigenvalue weighted by atomic mass is 16.5. The Balaban J connectivity index is 2.84. The molecule has 0 aliphatic carbocycles. The molecule has 1 aromatic carbocycles. The van der Waals surface area contributed by atoms with Crippen molar-refractivity contribution in [3.8, 4) is 6.07 Å². The van der Waals surface area contributed by atoms with Crippen molar-refractivity contribution in [3.63, 3.8) is 0 Å². The molecule has 3 nitrogen and oxygen atoms in total. The molecular formula is C12H11NO2. The van der Waals surface area contributed by atoms with E-state index in [2.05, 4.69) is 4.74 Å². The molecule has 1 rings (SSSR count). The van der Waals surface area contributed by atoms with Gasteiger partial charge in [0.2, 0.25) is 0 Å². The highest BCUT2D eigenvalue weighted by Gasteiger charge is 2.03. The Morgan fingerprint density at radius 3 is 3.07 bits per heavy atom. The van der Waals surface area contributed by atoms with Crippen molar-refractivity contribution < 1.29 is 9.53 Å². The topological polar surface area (TPSA) is 50.1 Å². The number of ether oxygens (including phenoxy) is 1. The Kier molecular flexibility index (Phi) is 4.11. The molecule has 1 aromatic rings. The van der Waals surface area contributed by atoms with E-state index in [0.717, 1.165) is 5.56 Å². The number of carbonyl (C=O) groups is 1. The molecule has 0 saturated heterocycles. The van der Waals surface area contributed by atoms with Gasteiger partial charge in [-0.3, -0.25) is 0 Å². The minimum atomic E-state index is -0.356. The molecule has 0 bridgehead atoms. The first-order valence-corrected chi connectivity index (χ1v) is 4.50. The number of nitriles is 1. The van der Waals surface area contributed by atoms with E-state index in [1.807, 2.05) is 12.1 Å². The molecule has 0 aromatic heterocycles. The summed E-state index contributed by atoms with van der Waals surface area (Å²) in [6.45, 7) is 0. The summed E-state index contributed by atoms with van der Waals surface area (Å²) >= 11 is 0. The van der Waals surface area contributed by atoms with Gasteiger partial charge in [0.15, 0.2) is 0 Å². The summed E-state index contributed by atoms with van der Waals surface area (Å²) < 4.78 is 4.60. The number of nitrogens with zero attached hydrogens (tertiary/aromatic N) is 1. The van der Waals surface area contributed by atoms with E-state index in [-0.39, 0.29) is 5.97 Å². The molecule has 0 saturated carbocycles. The van der Waals surface area contributed by atoms with Crippen molar-refractivity contribution in [2.24, 2.45) is 0 Å². The Bertz CT molecular complexity index is 416. The Morgan fingerprint density at radius 1 is 1.60 bits per heavy atom. The van der Waals surface area contributed by atoms with Crippen LogP contribution < -0.4 is 0 Å². The zero-order valence-corrected chi connectivity index (χ0v) is 8.43. The Labute approximate surface area is 88.6 Å². The van der Waals surface area contributed by atoms with Crippen LogP contribution in [0.1, 0.15) is 22.3 Å². The third-order valence-electron chi connectivity index (χ3n) is 1.83. The predicted octanol–water partition coefficient (Wildman–Crippen LogP) is 2.40. The van der Waals surface area contributed by atoms with Crippen molar-refractivity contribution in [1.82, 2.24) is 0 Å². The molecule has 0 fully saturated rings. The monoisotopic (exact) mass is 201 g/mol. The number of methoxy groups -OCH3 is 1. The van der Waals surface area contributed by atoms with Gasteiger partial charge >= 0.3 is 5.97 Å². The fourth-order valence-electron chi connectivity index (χ4n) is 1.13. The van der Waals surface area contributed by atoms with Crippen LogP contribution in [-0.4, -0.2) is 13.1 Å². The number of hydrogen-bond donors (Lipinski definition) is 0. The minimum absolute atomic E-state index is 0.356. The van der Waals surface area contributed by atoms with Crippen molar-refractivity contribution in [2.45, 2.75) is 6.42 Å². The second-order valence-corrected chi connectivity index (χ2v) is 2.88. The van der Waals surface area contributed by atoms with Gasteiger partial charge in [0.25, 0.3) is 0 Å². The Hall–Kier alpha value is -2.08. The first-order valence-electron chi connectivity index (χ1n) is 4.50. The van der Waals surface area contributed by atoms with E-state index >= 15 is 0 Å². The molecule has 15 heavy (non-hydrogen) atoms. The van der Waals surface area contributed by atoms with Gasteiger partial charge < -0.3 is 4.74 Å². The van der Waals surface area contributed by atoms with Crippen molar-refractivity contribution in [3.05, 3.63) is 41.5 Å². The number of esters is 1. The summed E-state index contributed by atoms with van der Waals surface area (Å²) in [5.41, 5.74) is 1.39. The van der Waals surface area contributed by atoms with Gasteiger partial charge in [-0.1, -0.05) is 24.3 Å². The fraction of sp³-hybridized carbons (Fsp3) is 0.167. The molecule has 0 heterocycles. The van der Waals surface area contributed by atoms with Crippen LogP contribution >= 0.6 is 0 Å². The maximum absolute atomic E-state index is 11.2. The van der Waals surface area contributed by atoms with Crippen LogP contribution in [0.2, 0.25) is 0 Å². The second-order valence-electron chi connectivity index (χ2n) is 2.88. The quantitative estimate of drug-likeness (QED) is 0.705. The van der Waals surface area contributed by atoms with Crippen LogP contribution in [0.3, 0.4) is 0 Å². The smallest absolute Gasteiger partial charge is 0.337 e. The first kappa shape index (κ1) is 11.0. The van der Waals surface area contributed by atoms with Gasteiger partial charge in [0.05, 0.1) is 25.2 Å². The third kappa shape index (κ3) is 3.28. The lowest BCUT2D eigenvalue weighted by Crippen LogP contribution is -2.00. The van der Waals surface area contributed by atoms with Crippen molar-refractivity contribution in [1.29, 1.82) is 5.26 Å². The summed E-state index contributed by atoms with van der Waals surface area (Å²) in [5, 5.41) is 8.35. The van der Waals surface area contributed by atoms with Crippen molar-refractivity contribution >= 4 is 12.0 Å². The van der Waals surface area contributed by atoms with Crippen LogP contribution in [0.15, 0.2) is 30.3 Å². The number of hydrogen-bond acceptors (Lipinski definition) is 3. The minimum Gasteiger partial charge on any atom is -0.465 e. The molecular weight excluding hydrogens is 190 g/mol. The average Bonchev–Trinajstić information content (AvgIpc) is 2.29. The van der Waals surface area contributed by atoms with Gasteiger partial charge in [-0.05, 0) is 17.7 Å². The van der Waals surface area contributed by atoms with E-state index < -0.39 is 0 Å². The SMILES string of the molecule is COC(=O)c1cccc(C=CCC#N)c1. The van der Waals surface area contributed by atoms with E-state index in [1.54, 1.807) is 30.4 Å². The molecule has 0 aliphatic rings. The summed E-state index contributed by atoms with van der Waals surface area (Å²) in [6.07, 6.45) is 3.91. The number of rotatable bonds is 3. The summed E-state index contributed by atoms with van der Waals surface area (Å²) in [5.74, 6) is -0.356. The van der Waals surface area contributed by atoms with Gasteiger partial charge in [0, 0.05) is 0 Å². The second kappa shape index (κ2) is 5.61. The largest absolute Gasteiger partial charge is 0.465 e. The van der Waals surface area contributed by atoms with E-state index in [0.29, 0.717) is 12.0 Å². The molecule has 0 N–H and O–H groups in total. The van der Waals surface area contributed by atoms with E-state index in [1.165, 1.54) is 7.11 Å². The average molecular weight is 201 g/mol. The number of carbonyl (C=O) groups excluding carboxylic acids is 1. The molecule has 0 amide bonds. The molecule has 0 aliphatic heterocycles. The normalized spacial score (nSPS) is 9.87. The molecule has 76 valence electrons. The predicted molar refractivity (Wildman–Crippen MR) is 57.0 cm³/mol. The van der Waals surface area contributed by atoms with Crippen LogP contribution in [0.4, 0.5) is 0 Å². The molecule has 0 radical (unpaired) electrons. The lowest BCUT2D eigenvalue weighted by atomic mass is 10.1. The summed E-state index contributed by atoms with van der Waals surface area (Å²) in [6, 6.07) is 9.06. The molecule has 3 heteroatoms. The first-order chi connectivity index (χ1) is 7.27. The van der Waals surface area contributed by atoms with Gasteiger partial charge in [-0.2, -0.15) is 5.26 Å². The lowest BCUT2D eigenvalue weighted by molar-refractivity contribution is 0.0600. The lowest BCUT2D eigenvalue weighted by Gasteiger charge is -1.99. The number of benzene rings is 1. The van der Waals surface area contributed by atoms with Crippen LogP contribution in [0.25, 0.3) is 6.08 Å². The van der Waals surface area contributed by atoms with Gasteiger partial charge in [-0.15, -0.1) is 0 Å². The van der Waals surface area contributed by atoms with Crippen LogP contribution in [0.5, 0.6) is 0 Å². The summed E-state index contributed by atoms with van der Waals surface area (Å²) in [7, 11) is 1.35. The molecule has 0 unspecified atom stereocenters. The highest BCUT2D eigenvalue weighted by molar-refractivity contribution is 5.89. The summed E-state index contributed by atoms with van der Waals surface area (Å²) in [4.78, 5) is 11.2. The van der Waals surface area contributed by atoms with Crippen molar-refractivity contribution in [2.75, 3.05) is 7.11 Å². The Morgan fingerprint density at radius 2 is 2.40 bits per heavy atom. The van der Waals surface area contributed by atoms with E-state index in [4.69, 9.17) is 5.26 Å². The van der Waals surface area contributed by atoms with Crippen LogP contribution in [0, 0.1) is 11.3 Å². The van der Waals surface area contributed by atoms with Gasteiger partial charge in [0.1, 0.15) is 0 Å². The fourth-order valence-corrected chi connectivity index (χ4v) is 1.13. The number of allylic oxidation sites excluding steroid dienone is 1. The van der Waals surface area contributed by atoms with Crippen LogP contribution in [-0.2, 0) is 4.74 Å².